The Bertz CT molecular complexity index is 735. The first-order chi connectivity index (χ1) is 13.3. The molecule has 6 nitrogen and oxygen atoms in total. The second kappa shape index (κ2) is 10.3. The normalized spacial score (nSPS) is 17.6. The molecule has 27 heavy (non-hydrogen) atoms. The summed E-state index contributed by atoms with van der Waals surface area (Å²) in [5.74, 6) is 0.842. The Balaban J connectivity index is 1.41. The number of hydrogen-bond donors (Lipinski definition) is 3. The van der Waals surface area contributed by atoms with E-state index in [9.17, 15) is 0 Å². The Kier molecular flexibility index (Phi) is 7.54. The minimum atomic E-state index is 0.278. The van der Waals surface area contributed by atoms with Crippen molar-refractivity contribution in [1.29, 1.82) is 0 Å². The highest BCUT2D eigenvalue weighted by Crippen LogP contribution is 2.19. The number of guanidine groups is 1. The van der Waals surface area contributed by atoms with Crippen LogP contribution in [0, 0.1) is 6.92 Å². The number of nitrogens with one attached hydrogen (secondary N) is 3. The average Bonchev–Trinajstić information content (AvgIpc) is 3.31. The number of aryl methyl sites for hydroxylation is 1. The summed E-state index contributed by atoms with van der Waals surface area (Å²) in [4.78, 5) is 7.95. The molecule has 2 aromatic rings. The number of hydrogen-bond acceptors (Lipinski definition) is 3. The zero-order chi connectivity index (χ0) is 18.9. The number of aromatic nitrogens is 1. The Morgan fingerprint density at radius 3 is 3.11 bits per heavy atom. The van der Waals surface area contributed by atoms with Crippen molar-refractivity contribution in [3.8, 4) is 0 Å². The van der Waals surface area contributed by atoms with Crippen LogP contribution >= 0.6 is 0 Å². The monoisotopic (exact) mass is 372 g/mol. The van der Waals surface area contributed by atoms with E-state index >= 15 is 0 Å². The van der Waals surface area contributed by atoms with Gasteiger partial charge in [-0.3, -0.25) is 4.99 Å². The van der Waals surface area contributed by atoms with Gasteiger partial charge in [0, 0.05) is 36.8 Å². The standard InChI is InChI=1S/C21H32N4O2/c1-3-22-21(24-10-12-26-15-18-5-4-11-27-18)23-9-8-17-14-25-20-13-16(2)6-7-19(17)20/h6-7,13-14,18,25H,3-5,8-12,15H2,1-2H3,(H2,22,23,24). The Labute approximate surface area is 161 Å². The topological polar surface area (TPSA) is 70.7 Å². The molecule has 0 bridgehead atoms. The lowest BCUT2D eigenvalue weighted by molar-refractivity contribution is 0.0200. The molecule has 6 heteroatoms. The van der Waals surface area contributed by atoms with E-state index in [0.29, 0.717) is 19.8 Å². The molecular weight excluding hydrogens is 340 g/mol. The van der Waals surface area contributed by atoms with Crippen LogP contribution in [0.4, 0.5) is 0 Å². The van der Waals surface area contributed by atoms with Crippen molar-refractivity contribution in [3.63, 3.8) is 0 Å². The number of rotatable bonds is 9. The largest absolute Gasteiger partial charge is 0.377 e. The van der Waals surface area contributed by atoms with Gasteiger partial charge in [0.05, 0.1) is 25.9 Å². The molecular formula is C21H32N4O2. The molecule has 1 aromatic heterocycles. The van der Waals surface area contributed by atoms with E-state index in [2.05, 4.69) is 58.9 Å². The second-order valence-electron chi connectivity index (χ2n) is 7.01. The van der Waals surface area contributed by atoms with E-state index in [1.165, 1.54) is 22.0 Å². The average molecular weight is 373 g/mol. The van der Waals surface area contributed by atoms with E-state index in [-0.39, 0.29) is 6.10 Å². The third-order valence-corrected chi connectivity index (χ3v) is 4.79. The molecule has 0 aliphatic carbocycles. The first-order valence-corrected chi connectivity index (χ1v) is 10.0. The molecule has 3 N–H and O–H groups in total. The molecule has 0 amide bonds. The van der Waals surface area contributed by atoms with Gasteiger partial charge in [-0.2, -0.15) is 0 Å². The van der Waals surface area contributed by atoms with Gasteiger partial charge < -0.3 is 25.1 Å². The number of ether oxygens (including phenoxy) is 2. The summed E-state index contributed by atoms with van der Waals surface area (Å²) in [7, 11) is 0. The minimum Gasteiger partial charge on any atom is -0.377 e. The molecule has 0 saturated carbocycles. The fraction of sp³-hybridized carbons (Fsp3) is 0.571. The number of benzene rings is 1. The van der Waals surface area contributed by atoms with Crippen molar-refractivity contribution in [2.45, 2.75) is 39.2 Å². The molecule has 0 radical (unpaired) electrons. The summed E-state index contributed by atoms with van der Waals surface area (Å²) in [6, 6.07) is 6.55. The van der Waals surface area contributed by atoms with E-state index < -0.39 is 0 Å². The Morgan fingerprint density at radius 2 is 2.30 bits per heavy atom. The summed E-state index contributed by atoms with van der Waals surface area (Å²) in [5.41, 5.74) is 3.81. The SMILES string of the molecule is CCNC(=NCCOCC1CCCO1)NCCc1c[nH]c2cc(C)ccc12. The van der Waals surface area contributed by atoms with Crippen LogP contribution in [0.2, 0.25) is 0 Å². The quantitative estimate of drug-likeness (QED) is 0.360. The molecule has 1 aromatic carbocycles. The van der Waals surface area contributed by atoms with Crippen LogP contribution in [0.15, 0.2) is 29.4 Å². The number of nitrogens with zero attached hydrogens (tertiary/aromatic N) is 1. The van der Waals surface area contributed by atoms with Gasteiger partial charge in [-0.1, -0.05) is 12.1 Å². The fourth-order valence-electron chi connectivity index (χ4n) is 3.38. The number of aliphatic imine (C=N–C) groups is 1. The molecule has 3 rings (SSSR count). The van der Waals surface area contributed by atoms with Gasteiger partial charge in [0.2, 0.25) is 0 Å². The van der Waals surface area contributed by atoms with Gasteiger partial charge in [-0.15, -0.1) is 0 Å². The smallest absolute Gasteiger partial charge is 0.191 e. The summed E-state index contributed by atoms with van der Waals surface area (Å²) in [6.45, 7) is 8.69. The highest BCUT2D eigenvalue weighted by molar-refractivity contribution is 5.84. The van der Waals surface area contributed by atoms with Gasteiger partial charge >= 0.3 is 0 Å². The summed E-state index contributed by atoms with van der Waals surface area (Å²) in [5, 5.41) is 8.00. The van der Waals surface area contributed by atoms with Crippen molar-refractivity contribution >= 4 is 16.9 Å². The predicted octanol–water partition coefficient (Wildman–Crippen LogP) is 2.77. The number of H-pyrrole nitrogens is 1. The number of aromatic amines is 1. The van der Waals surface area contributed by atoms with E-state index in [4.69, 9.17) is 9.47 Å². The molecule has 1 unspecified atom stereocenters. The Morgan fingerprint density at radius 1 is 1.37 bits per heavy atom. The van der Waals surface area contributed by atoms with Crippen molar-refractivity contribution in [2.75, 3.05) is 39.5 Å². The summed E-state index contributed by atoms with van der Waals surface area (Å²) >= 11 is 0. The molecule has 148 valence electrons. The fourth-order valence-corrected chi connectivity index (χ4v) is 3.38. The second-order valence-corrected chi connectivity index (χ2v) is 7.01. The molecule has 1 aliphatic rings. The maximum atomic E-state index is 5.68. The van der Waals surface area contributed by atoms with Crippen molar-refractivity contribution in [1.82, 2.24) is 15.6 Å². The van der Waals surface area contributed by atoms with Gasteiger partial charge in [0.25, 0.3) is 0 Å². The van der Waals surface area contributed by atoms with E-state index in [1.807, 2.05) is 0 Å². The van der Waals surface area contributed by atoms with Crippen LogP contribution in [0.25, 0.3) is 10.9 Å². The van der Waals surface area contributed by atoms with Crippen LogP contribution in [-0.4, -0.2) is 56.5 Å². The van der Waals surface area contributed by atoms with Gasteiger partial charge in [0.15, 0.2) is 5.96 Å². The molecule has 2 heterocycles. The maximum Gasteiger partial charge on any atom is 0.191 e. The zero-order valence-corrected chi connectivity index (χ0v) is 16.5. The van der Waals surface area contributed by atoms with Crippen LogP contribution in [0.5, 0.6) is 0 Å². The van der Waals surface area contributed by atoms with Crippen LogP contribution in [0.3, 0.4) is 0 Å². The lowest BCUT2D eigenvalue weighted by Crippen LogP contribution is -2.38. The number of fused-ring (bicyclic) bond motifs is 1. The minimum absolute atomic E-state index is 0.278. The van der Waals surface area contributed by atoms with Gasteiger partial charge in [-0.25, -0.2) is 0 Å². The van der Waals surface area contributed by atoms with E-state index in [1.54, 1.807) is 0 Å². The molecule has 0 spiro atoms. The van der Waals surface area contributed by atoms with Gasteiger partial charge in [-0.05, 0) is 50.3 Å². The van der Waals surface area contributed by atoms with Crippen molar-refractivity contribution < 1.29 is 9.47 Å². The molecule has 1 saturated heterocycles. The predicted molar refractivity (Wildman–Crippen MR) is 111 cm³/mol. The third-order valence-electron chi connectivity index (χ3n) is 4.79. The third kappa shape index (κ3) is 5.97. The molecule has 1 atom stereocenters. The summed E-state index contributed by atoms with van der Waals surface area (Å²) in [6.07, 6.45) is 5.59. The first-order valence-electron chi connectivity index (χ1n) is 10.0. The summed E-state index contributed by atoms with van der Waals surface area (Å²) < 4.78 is 11.2. The van der Waals surface area contributed by atoms with E-state index in [0.717, 1.165) is 44.9 Å². The maximum absolute atomic E-state index is 5.68. The zero-order valence-electron chi connectivity index (χ0n) is 16.5. The van der Waals surface area contributed by atoms with Crippen molar-refractivity contribution in [3.05, 3.63) is 35.5 Å². The highest BCUT2D eigenvalue weighted by Gasteiger charge is 2.14. The van der Waals surface area contributed by atoms with Gasteiger partial charge in [0.1, 0.15) is 0 Å². The lowest BCUT2D eigenvalue weighted by Gasteiger charge is -2.12. The lowest BCUT2D eigenvalue weighted by atomic mass is 10.1. The van der Waals surface area contributed by atoms with Crippen molar-refractivity contribution in [2.24, 2.45) is 4.99 Å². The molecule has 1 fully saturated rings. The van der Waals surface area contributed by atoms with Crippen LogP contribution in [-0.2, 0) is 15.9 Å². The Hall–Kier alpha value is -2.05. The van der Waals surface area contributed by atoms with Crippen LogP contribution < -0.4 is 10.6 Å². The molecule has 1 aliphatic heterocycles. The first kappa shape index (κ1) is 19.7. The highest BCUT2D eigenvalue weighted by atomic mass is 16.5. The van der Waals surface area contributed by atoms with Crippen LogP contribution in [0.1, 0.15) is 30.9 Å².